The van der Waals surface area contributed by atoms with Gasteiger partial charge in [-0.05, 0) is 30.9 Å². The van der Waals surface area contributed by atoms with Crippen molar-refractivity contribution in [3.63, 3.8) is 0 Å². The number of aromatic nitrogens is 4. The second-order valence-electron chi connectivity index (χ2n) is 9.01. The number of nitrogen functional groups attached to an aromatic ring is 1. The Morgan fingerprint density at radius 1 is 1.10 bits per heavy atom. The number of ether oxygens (including phenoxy) is 1. The lowest BCUT2D eigenvalue weighted by Crippen LogP contribution is -2.42. The molecule has 1 aliphatic rings. The lowest BCUT2D eigenvalue weighted by Gasteiger charge is -2.27. The summed E-state index contributed by atoms with van der Waals surface area (Å²) in [7, 11) is 0. The van der Waals surface area contributed by atoms with Gasteiger partial charge in [0, 0.05) is 25.4 Å². The van der Waals surface area contributed by atoms with Crippen LogP contribution in [-0.4, -0.2) is 55.4 Å². The maximum atomic E-state index is 14.0. The molecular weight excluding hydrogens is 576 g/mol. The minimum Gasteiger partial charge on any atom is -0.417 e. The highest BCUT2D eigenvalue weighted by Gasteiger charge is 2.58. The zero-order chi connectivity index (χ0) is 30.2. The third-order valence-electron chi connectivity index (χ3n) is 6.15. The number of rotatable bonds is 4. The summed E-state index contributed by atoms with van der Waals surface area (Å²) in [5.41, 5.74) is -1.81. The number of fused-ring (bicyclic) bond motifs is 5. The molecule has 0 unspecified atom stereocenters. The fourth-order valence-corrected chi connectivity index (χ4v) is 4.08. The number of nitrogens with two attached hydrogens (primary N) is 1. The van der Waals surface area contributed by atoms with Gasteiger partial charge in [-0.2, -0.15) is 35.1 Å². The first-order valence-corrected chi connectivity index (χ1v) is 11.8. The van der Waals surface area contributed by atoms with Crippen molar-refractivity contribution in [1.29, 1.82) is 0 Å². The molecule has 0 fully saturated rings. The number of anilines is 1. The van der Waals surface area contributed by atoms with E-state index in [-0.39, 0.29) is 37.9 Å². The highest BCUT2D eigenvalue weighted by atomic mass is 19.4. The van der Waals surface area contributed by atoms with Gasteiger partial charge in [-0.25, -0.2) is 9.97 Å². The van der Waals surface area contributed by atoms with Crippen molar-refractivity contribution in [3.8, 4) is 17.5 Å². The van der Waals surface area contributed by atoms with Gasteiger partial charge in [0.1, 0.15) is 5.69 Å². The first kappa shape index (κ1) is 29.9. The van der Waals surface area contributed by atoms with Crippen LogP contribution in [0.4, 0.5) is 40.8 Å². The first-order valence-electron chi connectivity index (χ1n) is 11.8. The second-order valence-corrected chi connectivity index (χ2v) is 9.01. The highest BCUT2D eigenvalue weighted by molar-refractivity contribution is 5.95. The van der Waals surface area contributed by atoms with E-state index in [9.17, 15) is 45.0 Å². The number of nitrogens with zero attached hydrogens (tertiary/aromatic N) is 5. The molecule has 0 aromatic carbocycles. The van der Waals surface area contributed by atoms with Crippen molar-refractivity contribution in [2.45, 2.75) is 56.8 Å². The zero-order valence-electron chi connectivity index (χ0n) is 20.6. The first-order chi connectivity index (χ1) is 19.1. The molecule has 1 amide bonds. The molecule has 222 valence electrons. The Hall–Kier alpha value is -4.09. The molecule has 0 radical (unpaired) electrons. The van der Waals surface area contributed by atoms with Gasteiger partial charge in [-0.3, -0.25) is 4.79 Å². The van der Waals surface area contributed by atoms with E-state index in [4.69, 9.17) is 10.2 Å². The van der Waals surface area contributed by atoms with Crippen molar-refractivity contribution in [1.82, 2.24) is 25.1 Å². The van der Waals surface area contributed by atoms with Crippen LogP contribution in [0.5, 0.6) is 5.88 Å². The largest absolute Gasteiger partial charge is 0.426 e. The topological polar surface area (TPSA) is 140 Å². The number of carbonyl (C=O) groups is 1. The van der Waals surface area contributed by atoms with Gasteiger partial charge < -0.3 is 24.9 Å². The number of alkyl halides is 8. The Bertz CT molecular complexity index is 1400. The Kier molecular flexibility index (Phi) is 8.06. The summed E-state index contributed by atoms with van der Waals surface area (Å²) in [6, 6.07) is 2.67. The number of hydrogen-bond donors (Lipinski definition) is 2. The molecule has 3 aromatic rings. The van der Waals surface area contributed by atoms with E-state index in [1.807, 2.05) is 0 Å². The summed E-state index contributed by atoms with van der Waals surface area (Å²) in [5.74, 6) is -3.80. The summed E-state index contributed by atoms with van der Waals surface area (Å²) in [4.78, 5) is 21.8. The van der Waals surface area contributed by atoms with Crippen LogP contribution in [0, 0.1) is 0 Å². The molecule has 41 heavy (non-hydrogen) atoms. The minimum atomic E-state index is -5.26. The lowest BCUT2D eigenvalue weighted by molar-refractivity contribution is -0.277. The molecule has 0 saturated heterocycles. The second kappa shape index (κ2) is 11.1. The monoisotopic (exact) mass is 596 g/mol. The summed E-state index contributed by atoms with van der Waals surface area (Å²) < 4.78 is 117. The lowest BCUT2D eigenvalue weighted by atomic mass is 9.95. The molecule has 18 heteroatoms. The van der Waals surface area contributed by atoms with Crippen LogP contribution in [0.25, 0.3) is 11.6 Å². The van der Waals surface area contributed by atoms with E-state index in [2.05, 4.69) is 24.9 Å². The fourth-order valence-electron chi connectivity index (χ4n) is 4.08. The maximum absolute atomic E-state index is 14.0. The summed E-state index contributed by atoms with van der Waals surface area (Å²) in [6.45, 7) is -3.79. The molecule has 1 atom stereocenters. The van der Waals surface area contributed by atoms with Crippen LogP contribution in [0.1, 0.15) is 53.2 Å². The Morgan fingerprint density at radius 2 is 1.83 bits per heavy atom. The zero-order valence-corrected chi connectivity index (χ0v) is 20.6. The van der Waals surface area contributed by atoms with E-state index >= 15 is 0 Å². The number of pyridine rings is 2. The normalized spacial score (nSPS) is 18.9. The fraction of sp³-hybridized carbons (Fsp3) is 0.435. The van der Waals surface area contributed by atoms with E-state index in [1.54, 1.807) is 0 Å². The third kappa shape index (κ3) is 6.31. The molecule has 3 aromatic heterocycles. The predicted octanol–water partition coefficient (Wildman–Crippen LogP) is 4.70. The molecule has 3 N–H and O–H groups in total. The number of amides is 1. The van der Waals surface area contributed by atoms with Crippen LogP contribution in [-0.2, 0) is 18.3 Å². The number of aliphatic hydroxyl groups is 1. The van der Waals surface area contributed by atoms with Crippen molar-refractivity contribution in [2.24, 2.45) is 0 Å². The van der Waals surface area contributed by atoms with Crippen molar-refractivity contribution < 1.29 is 54.2 Å². The van der Waals surface area contributed by atoms with E-state index in [0.717, 1.165) is 17.2 Å². The highest BCUT2D eigenvalue weighted by Crippen LogP contribution is 2.43. The summed E-state index contributed by atoms with van der Waals surface area (Å²) in [6.07, 6.45) is -10.5. The van der Waals surface area contributed by atoms with E-state index < -0.39 is 77.2 Å². The van der Waals surface area contributed by atoms with Crippen molar-refractivity contribution in [2.75, 3.05) is 12.3 Å². The van der Waals surface area contributed by atoms with Crippen molar-refractivity contribution >= 4 is 11.6 Å². The Balaban J connectivity index is 1.81. The van der Waals surface area contributed by atoms with E-state index in [1.165, 1.54) is 6.07 Å². The molecule has 0 aliphatic carbocycles. The van der Waals surface area contributed by atoms with Crippen LogP contribution >= 0.6 is 0 Å². The smallest absolute Gasteiger partial charge is 0.417 e. The molecule has 1 aliphatic heterocycles. The third-order valence-corrected chi connectivity index (χ3v) is 6.15. The van der Waals surface area contributed by atoms with Crippen LogP contribution in [0.15, 0.2) is 28.8 Å². The average Bonchev–Trinajstić information content (AvgIpc) is 3.36. The molecule has 0 spiro atoms. The number of halogens is 8. The Morgan fingerprint density at radius 3 is 2.44 bits per heavy atom. The van der Waals surface area contributed by atoms with Gasteiger partial charge in [0.15, 0.2) is 5.69 Å². The number of hydrogen-bond acceptors (Lipinski definition) is 9. The standard InChI is InChI=1S/C23H20F8N6O4/c24-20(25)40-14-5-4-11(9-33-14)10-37-7-3-1-2-6-21(39,23(29,30)31)19-36-35-17(41-19)16-13(32)8-12(22(26,27)28)15(34-16)18(37)38/h4-5,8-9,20,39H,1-3,6-7,10,32H2/t21-/m1/s1. The van der Waals surface area contributed by atoms with Crippen molar-refractivity contribution in [3.05, 3.63) is 47.1 Å². The SMILES string of the molecule is Nc1cc(C(F)(F)F)c2nc1-c1nnc(o1)[C@@](O)(C(F)(F)F)CCCCCN(Cc1ccc(OC(F)F)nc1)C2=O. The van der Waals surface area contributed by atoms with Gasteiger partial charge in [0.05, 0.1) is 11.3 Å². The Labute approximate surface area is 225 Å². The average molecular weight is 596 g/mol. The van der Waals surface area contributed by atoms with Gasteiger partial charge in [-0.1, -0.05) is 12.5 Å². The summed E-state index contributed by atoms with van der Waals surface area (Å²) in [5, 5.41) is 17.1. The van der Waals surface area contributed by atoms with Crippen LogP contribution in [0.3, 0.4) is 0 Å². The van der Waals surface area contributed by atoms with Gasteiger partial charge in [0.25, 0.3) is 17.7 Å². The van der Waals surface area contributed by atoms with Gasteiger partial charge in [-0.15, -0.1) is 10.2 Å². The van der Waals surface area contributed by atoms with E-state index in [0.29, 0.717) is 6.07 Å². The van der Waals surface area contributed by atoms with Gasteiger partial charge in [0.2, 0.25) is 11.5 Å². The molecule has 10 nitrogen and oxygen atoms in total. The molecule has 4 bridgehead atoms. The van der Waals surface area contributed by atoms with Gasteiger partial charge >= 0.3 is 19.0 Å². The summed E-state index contributed by atoms with van der Waals surface area (Å²) >= 11 is 0. The molecule has 4 rings (SSSR count). The molecular formula is C23H20F8N6O4. The maximum Gasteiger partial charge on any atom is 0.426 e. The predicted molar refractivity (Wildman–Crippen MR) is 121 cm³/mol. The van der Waals surface area contributed by atoms with Crippen LogP contribution in [0.2, 0.25) is 0 Å². The van der Waals surface area contributed by atoms with Crippen LogP contribution < -0.4 is 10.5 Å². The quantitative estimate of drug-likeness (QED) is 0.411. The number of carbonyl (C=O) groups excluding carboxylic acids is 1. The molecule has 0 saturated carbocycles. The molecule has 4 heterocycles. The minimum absolute atomic E-state index is 0.00204.